The summed E-state index contributed by atoms with van der Waals surface area (Å²) in [5.74, 6) is 0.265. The van der Waals surface area contributed by atoms with Crippen LogP contribution in [0.15, 0.2) is 30.9 Å². The second-order valence-electron chi connectivity index (χ2n) is 6.47. The molecule has 1 aliphatic rings. The van der Waals surface area contributed by atoms with E-state index in [0.717, 1.165) is 5.69 Å². The Bertz CT molecular complexity index is 759. The molecule has 2 aromatic heterocycles. The molecule has 0 aliphatic carbocycles. The maximum atomic E-state index is 12.0. The number of amides is 1. The molecular formula is C17H22N6O3. The van der Waals surface area contributed by atoms with Gasteiger partial charge in [0.2, 0.25) is 0 Å². The highest BCUT2D eigenvalue weighted by Gasteiger charge is 2.40. The standard InChI is InChI=1S/C17H22N6O3/c1-12-19-4-2-13(22-12)9-23-7-3-17(26,15(24)10-23)11-21-16(25)14-8-18-5-6-20-14/h2,4-6,8,15,24,26H,3,7,9-11H2,1H3,(H,21,25)/t15-,17-/m1/s1. The van der Waals surface area contributed by atoms with Gasteiger partial charge in [0, 0.05) is 44.8 Å². The number of β-amino-alcohol motifs (C(OH)–C–C–N with tert-alkyl or cyclic N) is 1. The van der Waals surface area contributed by atoms with Gasteiger partial charge in [0.05, 0.1) is 18.0 Å². The van der Waals surface area contributed by atoms with Gasteiger partial charge in [-0.3, -0.25) is 14.7 Å². The Labute approximate surface area is 151 Å². The highest BCUT2D eigenvalue weighted by molar-refractivity contribution is 5.91. The molecule has 3 N–H and O–H groups in total. The normalized spacial score (nSPS) is 23.6. The molecule has 0 bridgehead atoms. The van der Waals surface area contributed by atoms with Gasteiger partial charge in [0.25, 0.3) is 5.91 Å². The lowest BCUT2D eigenvalue weighted by molar-refractivity contribution is -0.117. The summed E-state index contributed by atoms with van der Waals surface area (Å²) < 4.78 is 0. The summed E-state index contributed by atoms with van der Waals surface area (Å²) in [6.07, 6.45) is 5.30. The van der Waals surface area contributed by atoms with Crippen LogP contribution in [0.5, 0.6) is 0 Å². The van der Waals surface area contributed by atoms with Crippen molar-refractivity contribution < 1.29 is 15.0 Å². The minimum atomic E-state index is -1.38. The number of hydrogen-bond donors (Lipinski definition) is 3. The average molecular weight is 358 g/mol. The van der Waals surface area contributed by atoms with E-state index in [1.54, 1.807) is 6.20 Å². The van der Waals surface area contributed by atoms with Crippen LogP contribution in [0.4, 0.5) is 0 Å². The number of aliphatic hydroxyl groups is 2. The van der Waals surface area contributed by atoms with E-state index in [2.05, 4.69) is 25.3 Å². The minimum Gasteiger partial charge on any atom is -0.389 e. The van der Waals surface area contributed by atoms with E-state index in [1.807, 2.05) is 17.9 Å². The zero-order chi connectivity index (χ0) is 18.6. The molecule has 2 aromatic rings. The van der Waals surface area contributed by atoms with Gasteiger partial charge in [-0.2, -0.15) is 0 Å². The van der Waals surface area contributed by atoms with E-state index < -0.39 is 17.6 Å². The molecule has 26 heavy (non-hydrogen) atoms. The molecular weight excluding hydrogens is 336 g/mol. The fraction of sp³-hybridized carbons (Fsp3) is 0.471. The summed E-state index contributed by atoms with van der Waals surface area (Å²) in [5, 5.41) is 23.7. The predicted molar refractivity (Wildman–Crippen MR) is 92.0 cm³/mol. The van der Waals surface area contributed by atoms with Gasteiger partial charge in [-0.25, -0.2) is 15.0 Å². The SMILES string of the molecule is Cc1nccc(CN2CC[C@@](O)(CNC(=O)c3cnccn3)[C@H](O)C2)n1. The summed E-state index contributed by atoms with van der Waals surface area (Å²) >= 11 is 0. The van der Waals surface area contributed by atoms with Gasteiger partial charge in [-0.15, -0.1) is 0 Å². The van der Waals surface area contributed by atoms with Crippen molar-refractivity contribution >= 4 is 5.91 Å². The number of nitrogens with one attached hydrogen (secondary N) is 1. The number of piperidine rings is 1. The van der Waals surface area contributed by atoms with Crippen molar-refractivity contribution in [2.24, 2.45) is 0 Å². The highest BCUT2D eigenvalue weighted by atomic mass is 16.3. The van der Waals surface area contributed by atoms with E-state index in [4.69, 9.17) is 0 Å². The van der Waals surface area contributed by atoms with Crippen LogP contribution in [-0.2, 0) is 6.54 Å². The van der Waals surface area contributed by atoms with Crippen molar-refractivity contribution in [3.63, 3.8) is 0 Å². The summed E-state index contributed by atoms with van der Waals surface area (Å²) in [7, 11) is 0. The van der Waals surface area contributed by atoms with Crippen LogP contribution in [0.1, 0.15) is 28.4 Å². The largest absolute Gasteiger partial charge is 0.389 e. The Morgan fingerprint density at radius 2 is 2.23 bits per heavy atom. The van der Waals surface area contributed by atoms with Gasteiger partial charge < -0.3 is 15.5 Å². The molecule has 1 fully saturated rings. The highest BCUT2D eigenvalue weighted by Crippen LogP contribution is 2.23. The van der Waals surface area contributed by atoms with Crippen molar-refractivity contribution in [1.29, 1.82) is 0 Å². The van der Waals surface area contributed by atoms with Gasteiger partial charge in [0.15, 0.2) is 0 Å². The zero-order valence-electron chi connectivity index (χ0n) is 14.5. The Morgan fingerprint density at radius 1 is 1.38 bits per heavy atom. The second kappa shape index (κ2) is 7.81. The van der Waals surface area contributed by atoms with Gasteiger partial charge in [0.1, 0.15) is 17.1 Å². The van der Waals surface area contributed by atoms with E-state index in [0.29, 0.717) is 31.9 Å². The fourth-order valence-electron chi connectivity index (χ4n) is 2.94. The fourth-order valence-corrected chi connectivity index (χ4v) is 2.94. The van der Waals surface area contributed by atoms with Crippen molar-refractivity contribution in [3.05, 3.63) is 48.1 Å². The lowest BCUT2D eigenvalue weighted by Crippen LogP contribution is -2.60. The zero-order valence-corrected chi connectivity index (χ0v) is 14.5. The van der Waals surface area contributed by atoms with Crippen LogP contribution in [0.2, 0.25) is 0 Å². The van der Waals surface area contributed by atoms with Crippen molar-refractivity contribution in [2.75, 3.05) is 19.6 Å². The molecule has 0 spiro atoms. The topological polar surface area (TPSA) is 124 Å². The third-order valence-electron chi connectivity index (χ3n) is 4.48. The molecule has 1 aliphatic heterocycles. The third-order valence-corrected chi connectivity index (χ3v) is 4.48. The van der Waals surface area contributed by atoms with Crippen LogP contribution in [0, 0.1) is 6.92 Å². The van der Waals surface area contributed by atoms with Gasteiger partial charge >= 0.3 is 0 Å². The Hall–Kier alpha value is -2.49. The monoisotopic (exact) mass is 358 g/mol. The van der Waals surface area contributed by atoms with E-state index in [1.165, 1.54) is 18.6 Å². The predicted octanol–water partition coefficient (Wildman–Crippen LogP) is -0.697. The molecule has 0 unspecified atom stereocenters. The Balaban J connectivity index is 1.54. The Kier molecular flexibility index (Phi) is 5.50. The lowest BCUT2D eigenvalue weighted by Gasteiger charge is -2.42. The molecule has 9 nitrogen and oxygen atoms in total. The maximum absolute atomic E-state index is 12.0. The van der Waals surface area contributed by atoms with Gasteiger partial charge in [-0.05, 0) is 19.4 Å². The molecule has 9 heteroatoms. The van der Waals surface area contributed by atoms with Crippen LogP contribution < -0.4 is 5.32 Å². The molecule has 0 saturated carbocycles. The third kappa shape index (κ3) is 4.37. The smallest absolute Gasteiger partial charge is 0.271 e. The number of rotatable bonds is 5. The molecule has 0 aromatic carbocycles. The number of carbonyl (C=O) groups is 1. The molecule has 1 saturated heterocycles. The van der Waals surface area contributed by atoms with Crippen LogP contribution in [-0.4, -0.2) is 72.3 Å². The van der Waals surface area contributed by atoms with E-state index in [-0.39, 0.29) is 12.2 Å². The molecule has 3 heterocycles. The van der Waals surface area contributed by atoms with Crippen LogP contribution in [0.3, 0.4) is 0 Å². The van der Waals surface area contributed by atoms with E-state index >= 15 is 0 Å². The van der Waals surface area contributed by atoms with Crippen molar-refractivity contribution in [2.45, 2.75) is 31.6 Å². The molecule has 0 radical (unpaired) electrons. The molecule has 1 amide bonds. The quantitative estimate of drug-likeness (QED) is 0.641. The molecule has 3 rings (SSSR count). The number of likely N-dealkylation sites (tertiary alicyclic amines) is 1. The molecule has 138 valence electrons. The summed E-state index contributed by atoms with van der Waals surface area (Å²) in [6.45, 7) is 3.22. The summed E-state index contributed by atoms with van der Waals surface area (Å²) in [4.78, 5) is 30.2. The lowest BCUT2D eigenvalue weighted by atomic mass is 9.88. The summed E-state index contributed by atoms with van der Waals surface area (Å²) in [5.41, 5.74) is -0.344. The number of hydrogen-bond acceptors (Lipinski definition) is 8. The first-order chi connectivity index (χ1) is 12.5. The minimum absolute atomic E-state index is 0.0516. The number of aryl methyl sites for hydroxylation is 1. The first-order valence-corrected chi connectivity index (χ1v) is 8.42. The number of nitrogens with zero attached hydrogens (tertiary/aromatic N) is 5. The van der Waals surface area contributed by atoms with Crippen LogP contribution >= 0.6 is 0 Å². The number of aliphatic hydroxyl groups excluding tert-OH is 1. The van der Waals surface area contributed by atoms with Crippen molar-refractivity contribution in [3.8, 4) is 0 Å². The number of carbonyl (C=O) groups excluding carboxylic acids is 1. The molecule has 2 atom stereocenters. The average Bonchev–Trinajstić information content (AvgIpc) is 2.64. The van der Waals surface area contributed by atoms with Crippen LogP contribution in [0.25, 0.3) is 0 Å². The first kappa shape index (κ1) is 18.3. The van der Waals surface area contributed by atoms with Gasteiger partial charge in [-0.1, -0.05) is 0 Å². The Morgan fingerprint density at radius 3 is 2.92 bits per heavy atom. The maximum Gasteiger partial charge on any atom is 0.271 e. The van der Waals surface area contributed by atoms with Crippen molar-refractivity contribution in [1.82, 2.24) is 30.2 Å². The first-order valence-electron chi connectivity index (χ1n) is 8.42. The summed E-state index contributed by atoms with van der Waals surface area (Å²) in [6, 6.07) is 1.83. The second-order valence-corrected chi connectivity index (χ2v) is 6.47. The number of aromatic nitrogens is 4. The van der Waals surface area contributed by atoms with E-state index in [9.17, 15) is 15.0 Å².